The highest BCUT2D eigenvalue weighted by Gasteiger charge is 2.26. The molecule has 36 heavy (non-hydrogen) atoms. The van der Waals surface area contributed by atoms with Crippen molar-refractivity contribution in [3.8, 4) is 28.6 Å². The summed E-state index contributed by atoms with van der Waals surface area (Å²) in [7, 11) is 1.47. The number of carbonyl (C=O) groups excluding carboxylic acids is 2. The fourth-order valence-electron chi connectivity index (χ4n) is 3.84. The van der Waals surface area contributed by atoms with E-state index in [1.54, 1.807) is 55.5 Å². The molecule has 2 N–H and O–H groups in total. The van der Waals surface area contributed by atoms with Crippen LogP contribution in [0.15, 0.2) is 53.3 Å². The summed E-state index contributed by atoms with van der Waals surface area (Å²) in [6.45, 7) is 3.70. The van der Waals surface area contributed by atoms with Crippen LogP contribution >= 0.6 is 0 Å². The fourth-order valence-corrected chi connectivity index (χ4v) is 3.84. The van der Waals surface area contributed by atoms with Gasteiger partial charge in [0.15, 0.2) is 17.2 Å². The monoisotopic (exact) mass is 491 g/mol. The first-order chi connectivity index (χ1) is 17.4. The summed E-state index contributed by atoms with van der Waals surface area (Å²) < 4.78 is 18.3. The number of rotatable bonds is 9. The Morgan fingerprint density at radius 3 is 2.36 bits per heavy atom. The van der Waals surface area contributed by atoms with E-state index >= 15 is 0 Å². The molecular weight excluding hydrogens is 466 g/mol. The molecule has 11 heteroatoms. The molecule has 0 atom stereocenters. The normalized spacial score (nSPS) is 10.9. The topological polar surface area (TPSA) is 141 Å². The van der Waals surface area contributed by atoms with Crippen molar-refractivity contribution in [1.29, 1.82) is 0 Å². The number of ether oxygens (including phenoxy) is 3. The first-order valence-corrected chi connectivity index (χ1v) is 11.2. The van der Waals surface area contributed by atoms with E-state index in [1.165, 1.54) is 11.7 Å². The molecule has 4 aromatic rings. The highest BCUT2D eigenvalue weighted by atomic mass is 16.5. The first kappa shape index (κ1) is 24.5. The molecule has 0 aliphatic heterocycles. The summed E-state index contributed by atoms with van der Waals surface area (Å²) in [6, 6.07) is 13.8. The number of benzene rings is 2. The van der Waals surface area contributed by atoms with E-state index in [2.05, 4.69) is 9.97 Å². The summed E-state index contributed by atoms with van der Waals surface area (Å²) in [5, 5.41) is 0. The molecule has 0 aliphatic carbocycles. The second-order valence-corrected chi connectivity index (χ2v) is 7.57. The summed E-state index contributed by atoms with van der Waals surface area (Å²) in [5.41, 5.74) is 5.88. The Morgan fingerprint density at radius 2 is 1.72 bits per heavy atom. The molecule has 2 heterocycles. The molecule has 2 aromatic heterocycles. The average Bonchev–Trinajstić information content (AvgIpc) is 3.14. The number of fused-ring (bicyclic) bond motifs is 1. The largest absolute Gasteiger partial charge is 0.495 e. The van der Waals surface area contributed by atoms with E-state index in [9.17, 15) is 14.4 Å². The number of carbonyl (C=O) groups is 2. The highest BCUT2D eigenvalue weighted by molar-refractivity contribution is 6.02. The van der Waals surface area contributed by atoms with Crippen LogP contribution in [0.4, 0.5) is 0 Å². The summed E-state index contributed by atoms with van der Waals surface area (Å²) in [6.07, 6.45) is 0. The number of aromatic nitrogens is 4. The average molecular weight is 492 g/mol. The van der Waals surface area contributed by atoms with Gasteiger partial charge >= 0.3 is 11.7 Å². The van der Waals surface area contributed by atoms with Gasteiger partial charge in [-0.1, -0.05) is 12.1 Å². The lowest BCUT2D eigenvalue weighted by molar-refractivity contribution is -0.143. The molecule has 0 fully saturated rings. The first-order valence-electron chi connectivity index (χ1n) is 11.2. The zero-order chi connectivity index (χ0) is 25.8. The van der Waals surface area contributed by atoms with Crippen molar-refractivity contribution in [2.24, 2.45) is 5.73 Å². The molecule has 1 amide bonds. The van der Waals surface area contributed by atoms with Gasteiger partial charge in [-0.3, -0.25) is 14.2 Å². The lowest BCUT2D eigenvalue weighted by Gasteiger charge is -2.10. The van der Waals surface area contributed by atoms with Crippen molar-refractivity contribution in [3.63, 3.8) is 0 Å². The minimum absolute atomic E-state index is 0.0149. The van der Waals surface area contributed by atoms with Crippen molar-refractivity contribution >= 4 is 23.0 Å². The van der Waals surface area contributed by atoms with E-state index in [0.717, 1.165) is 4.57 Å². The van der Waals surface area contributed by atoms with Crippen LogP contribution in [0, 0.1) is 0 Å². The van der Waals surface area contributed by atoms with Gasteiger partial charge in [-0.05, 0) is 50.2 Å². The number of imidazole rings is 1. The molecule has 2 aromatic carbocycles. The zero-order valence-corrected chi connectivity index (χ0v) is 20.1. The quantitative estimate of drug-likeness (QED) is 0.352. The number of esters is 1. The maximum absolute atomic E-state index is 13.7. The molecule has 0 unspecified atom stereocenters. The number of nitrogens with zero attached hydrogens (tertiary/aromatic N) is 4. The van der Waals surface area contributed by atoms with Gasteiger partial charge in [-0.15, -0.1) is 0 Å². The summed E-state index contributed by atoms with van der Waals surface area (Å²) in [5.74, 6) is -0.342. The number of primary amides is 1. The van der Waals surface area contributed by atoms with Crippen molar-refractivity contribution in [2.45, 2.75) is 20.4 Å². The molecule has 0 saturated carbocycles. The van der Waals surface area contributed by atoms with Crippen molar-refractivity contribution in [2.75, 3.05) is 20.3 Å². The zero-order valence-electron chi connectivity index (χ0n) is 20.1. The van der Waals surface area contributed by atoms with Crippen LogP contribution in [0.5, 0.6) is 11.5 Å². The fraction of sp³-hybridized carbons (Fsp3) is 0.240. The third-order valence-electron chi connectivity index (χ3n) is 5.35. The lowest BCUT2D eigenvalue weighted by Crippen LogP contribution is -2.28. The Labute approximate surface area is 206 Å². The van der Waals surface area contributed by atoms with E-state index < -0.39 is 24.1 Å². The van der Waals surface area contributed by atoms with Gasteiger partial charge < -0.3 is 19.9 Å². The molecule has 0 bridgehead atoms. The van der Waals surface area contributed by atoms with Crippen LogP contribution in [-0.4, -0.2) is 51.3 Å². The minimum Gasteiger partial charge on any atom is -0.495 e. The highest BCUT2D eigenvalue weighted by Crippen LogP contribution is 2.28. The Bertz CT molecular complexity index is 1490. The molecule has 0 aliphatic rings. The van der Waals surface area contributed by atoms with Gasteiger partial charge in [-0.25, -0.2) is 19.3 Å². The number of hydrogen-bond donors (Lipinski definition) is 1. The third kappa shape index (κ3) is 4.50. The Balaban J connectivity index is 2.05. The van der Waals surface area contributed by atoms with E-state index in [1.807, 2.05) is 6.92 Å². The Morgan fingerprint density at radius 1 is 1.00 bits per heavy atom. The van der Waals surface area contributed by atoms with E-state index in [4.69, 9.17) is 19.9 Å². The van der Waals surface area contributed by atoms with Gasteiger partial charge in [-0.2, -0.15) is 0 Å². The maximum atomic E-state index is 13.7. The van der Waals surface area contributed by atoms with Gasteiger partial charge in [0, 0.05) is 5.56 Å². The van der Waals surface area contributed by atoms with Gasteiger partial charge in [0.1, 0.15) is 23.6 Å². The molecule has 0 saturated heterocycles. The third-order valence-corrected chi connectivity index (χ3v) is 5.35. The number of amides is 1. The van der Waals surface area contributed by atoms with Crippen molar-refractivity contribution < 1.29 is 23.8 Å². The standard InChI is InChI=1S/C25H25N5O6/c1-4-35-16-12-10-15(11-13-16)23-27-20(22(26)32)21-24(28-23)30(17-8-6-7-9-18(17)34-3)25(33)29(21)14-19(31)36-5-2/h6-13H,4-5,14H2,1-3H3,(H2,26,32). The number of methoxy groups -OCH3 is 1. The second-order valence-electron chi connectivity index (χ2n) is 7.57. The van der Waals surface area contributed by atoms with Crippen LogP contribution in [0.2, 0.25) is 0 Å². The predicted molar refractivity (Wildman–Crippen MR) is 131 cm³/mol. The van der Waals surface area contributed by atoms with E-state index in [-0.39, 0.29) is 29.3 Å². The van der Waals surface area contributed by atoms with Crippen LogP contribution in [0.3, 0.4) is 0 Å². The molecule has 4 rings (SSSR count). The predicted octanol–water partition coefficient (Wildman–Crippen LogP) is 2.32. The van der Waals surface area contributed by atoms with Crippen LogP contribution < -0.4 is 20.9 Å². The van der Waals surface area contributed by atoms with E-state index in [0.29, 0.717) is 29.4 Å². The number of nitrogens with two attached hydrogens (primary N) is 1. The Hall–Kier alpha value is -4.67. The summed E-state index contributed by atoms with van der Waals surface area (Å²) >= 11 is 0. The van der Waals surface area contributed by atoms with Crippen LogP contribution in [-0.2, 0) is 16.1 Å². The SMILES string of the molecule is CCOC(=O)Cn1c(=O)n(-c2ccccc2OC)c2nc(-c3ccc(OCC)cc3)nc(C(N)=O)c21. The van der Waals surface area contributed by atoms with Crippen LogP contribution in [0.1, 0.15) is 24.3 Å². The minimum atomic E-state index is -0.885. The lowest BCUT2D eigenvalue weighted by atomic mass is 10.2. The van der Waals surface area contributed by atoms with Gasteiger partial charge in [0.2, 0.25) is 0 Å². The molecular formula is C25H25N5O6. The molecule has 0 spiro atoms. The summed E-state index contributed by atoms with van der Waals surface area (Å²) in [4.78, 5) is 47.5. The van der Waals surface area contributed by atoms with Crippen molar-refractivity contribution in [1.82, 2.24) is 19.1 Å². The smallest absolute Gasteiger partial charge is 0.335 e. The second kappa shape index (κ2) is 10.3. The van der Waals surface area contributed by atoms with Gasteiger partial charge in [0.05, 0.1) is 26.0 Å². The maximum Gasteiger partial charge on any atom is 0.335 e. The van der Waals surface area contributed by atoms with Gasteiger partial charge in [0.25, 0.3) is 5.91 Å². The Kier molecular flexibility index (Phi) is 7.00. The van der Waals surface area contributed by atoms with Crippen molar-refractivity contribution in [3.05, 3.63) is 64.7 Å². The molecule has 11 nitrogen and oxygen atoms in total. The van der Waals surface area contributed by atoms with Crippen LogP contribution in [0.25, 0.3) is 28.2 Å². The molecule has 0 radical (unpaired) electrons. The number of hydrogen-bond acceptors (Lipinski definition) is 8. The molecule has 186 valence electrons. The number of para-hydroxylation sites is 2.